The number of carbonyl (C=O) groups excluding carboxylic acids is 1. The van der Waals surface area contributed by atoms with E-state index < -0.39 is 5.41 Å². The largest absolute Gasteiger partial charge is 0.454 e. The van der Waals surface area contributed by atoms with Crippen molar-refractivity contribution < 1.29 is 15.7 Å². The molecule has 0 saturated heterocycles. The van der Waals surface area contributed by atoms with Crippen LogP contribution < -0.4 is 14.8 Å². The van der Waals surface area contributed by atoms with E-state index in [1.165, 1.54) is 0 Å². The van der Waals surface area contributed by atoms with Crippen molar-refractivity contribution in [2.24, 2.45) is 0 Å². The highest BCUT2D eigenvalue weighted by atomic mass is 35.5. The van der Waals surface area contributed by atoms with Crippen LogP contribution in [0.15, 0.2) is 60.7 Å². The van der Waals surface area contributed by atoms with E-state index in [0.717, 1.165) is 29.7 Å². The molecule has 5 nitrogen and oxygen atoms in total. The van der Waals surface area contributed by atoms with Crippen LogP contribution in [0.5, 0.6) is 11.5 Å². The van der Waals surface area contributed by atoms with Gasteiger partial charge in [0.1, 0.15) is 5.82 Å². The molecular weight excluding hydrogens is 376 g/mol. The fourth-order valence-electron chi connectivity index (χ4n) is 3.53. The average molecular weight is 395 g/mol. The van der Waals surface area contributed by atoms with E-state index >= 15 is 0 Å². The zero-order valence-electron chi connectivity index (χ0n) is 14.9. The Morgan fingerprint density at radius 3 is 2.68 bits per heavy atom. The molecule has 1 amide bonds. The number of halogens is 1. The molecule has 3 aromatic rings. The maximum absolute atomic E-state index is 13.1. The molecule has 0 bridgehead atoms. The average Bonchev–Trinajstić information content (AvgIpc) is 3.40. The Kier molecular flexibility index (Phi) is 3.98. The smallest absolute Gasteiger partial charge is 0.236 e. The van der Waals surface area contributed by atoms with Crippen LogP contribution in [0, 0.1) is 0 Å². The van der Waals surface area contributed by atoms with Crippen LogP contribution in [0.25, 0.3) is 11.3 Å². The summed E-state index contributed by atoms with van der Waals surface area (Å²) in [6.45, 7) is 0.219. The Labute approximate surface area is 168 Å². The first-order valence-corrected chi connectivity index (χ1v) is 9.47. The standard InChI is InChI=1S/C22H17ClN2O3.H2/c23-16-5-2-1-4-15(16)17-6-3-7-20(24-17)25-21(26)22(10-11-22)14-8-9-18-19(12-14)28-13-27-18;/h1-9,12H,10-11,13H2,(H,24,25,26);1H. The minimum Gasteiger partial charge on any atom is -0.454 e. The number of fused-ring (bicyclic) bond motifs is 1. The summed E-state index contributed by atoms with van der Waals surface area (Å²) in [7, 11) is 0. The molecule has 1 N–H and O–H groups in total. The molecule has 6 heteroatoms. The van der Waals surface area contributed by atoms with Crippen LogP contribution in [-0.2, 0) is 10.2 Å². The molecule has 1 fully saturated rings. The third kappa shape index (κ3) is 2.88. The molecule has 1 aliphatic carbocycles. The number of ether oxygens (including phenoxy) is 2. The van der Waals surface area contributed by atoms with E-state index in [1.807, 2.05) is 54.6 Å². The number of anilines is 1. The highest BCUT2D eigenvalue weighted by Gasteiger charge is 2.51. The summed E-state index contributed by atoms with van der Waals surface area (Å²) in [6.07, 6.45) is 1.59. The predicted octanol–water partition coefficient (Wildman–Crippen LogP) is 5.05. The number of benzene rings is 2. The Bertz CT molecular complexity index is 1090. The second kappa shape index (κ2) is 6.53. The summed E-state index contributed by atoms with van der Waals surface area (Å²) < 4.78 is 10.8. The SMILES string of the molecule is O=C(Nc1cccc(-c2ccccc2Cl)n1)C1(c2ccc3c(c2)OCO3)CC1.[HH]. The zero-order chi connectivity index (χ0) is 19.1. The molecular formula is C22H19ClN2O3. The number of hydrogen-bond donors (Lipinski definition) is 1. The van der Waals surface area contributed by atoms with E-state index in [-0.39, 0.29) is 14.1 Å². The lowest BCUT2D eigenvalue weighted by atomic mass is 9.94. The highest BCUT2D eigenvalue weighted by Crippen LogP contribution is 2.51. The molecule has 0 atom stereocenters. The van der Waals surface area contributed by atoms with E-state index in [0.29, 0.717) is 22.3 Å². The van der Waals surface area contributed by atoms with Gasteiger partial charge >= 0.3 is 0 Å². The lowest BCUT2D eigenvalue weighted by Crippen LogP contribution is -2.28. The first-order valence-electron chi connectivity index (χ1n) is 9.09. The van der Waals surface area contributed by atoms with Crippen molar-refractivity contribution in [3.8, 4) is 22.8 Å². The summed E-state index contributed by atoms with van der Waals surface area (Å²) in [4.78, 5) is 17.6. The summed E-state index contributed by atoms with van der Waals surface area (Å²) in [5.74, 6) is 1.86. The second-order valence-electron chi connectivity index (χ2n) is 6.99. The Balaban J connectivity index is 0.00000205. The van der Waals surface area contributed by atoms with Crippen LogP contribution in [-0.4, -0.2) is 17.7 Å². The number of carbonyl (C=O) groups is 1. The number of rotatable bonds is 4. The monoisotopic (exact) mass is 394 g/mol. The third-order valence-electron chi connectivity index (χ3n) is 5.25. The van der Waals surface area contributed by atoms with Crippen molar-refractivity contribution in [1.29, 1.82) is 0 Å². The number of nitrogens with zero attached hydrogens (tertiary/aromatic N) is 1. The number of pyridine rings is 1. The molecule has 1 saturated carbocycles. The quantitative estimate of drug-likeness (QED) is 0.672. The van der Waals surface area contributed by atoms with Crippen molar-refractivity contribution in [3.63, 3.8) is 0 Å². The van der Waals surface area contributed by atoms with Gasteiger partial charge in [-0.25, -0.2) is 4.98 Å². The second-order valence-corrected chi connectivity index (χ2v) is 7.40. The van der Waals surface area contributed by atoms with Gasteiger partial charge in [-0.05, 0) is 48.7 Å². The molecule has 1 aliphatic heterocycles. The predicted molar refractivity (Wildman–Crippen MR) is 109 cm³/mol. The van der Waals surface area contributed by atoms with E-state index in [1.54, 1.807) is 6.07 Å². The van der Waals surface area contributed by atoms with Gasteiger partial charge in [0.05, 0.1) is 11.1 Å². The Morgan fingerprint density at radius 1 is 1.04 bits per heavy atom. The van der Waals surface area contributed by atoms with E-state index in [9.17, 15) is 4.79 Å². The topological polar surface area (TPSA) is 60.5 Å². The van der Waals surface area contributed by atoms with Crippen LogP contribution in [0.4, 0.5) is 5.82 Å². The lowest BCUT2D eigenvalue weighted by Gasteiger charge is -2.16. The van der Waals surface area contributed by atoms with E-state index in [2.05, 4.69) is 10.3 Å². The summed E-state index contributed by atoms with van der Waals surface area (Å²) in [6, 6.07) is 18.7. The van der Waals surface area contributed by atoms with Crippen LogP contribution in [0.1, 0.15) is 19.8 Å². The molecule has 142 valence electrons. The fourth-order valence-corrected chi connectivity index (χ4v) is 3.76. The molecule has 28 heavy (non-hydrogen) atoms. The van der Waals surface area contributed by atoms with Gasteiger partial charge in [-0.1, -0.05) is 41.9 Å². The lowest BCUT2D eigenvalue weighted by molar-refractivity contribution is -0.118. The molecule has 2 heterocycles. The van der Waals surface area contributed by atoms with Gasteiger partial charge in [-0.15, -0.1) is 0 Å². The summed E-state index contributed by atoms with van der Waals surface area (Å²) >= 11 is 6.28. The van der Waals surface area contributed by atoms with Crippen molar-refractivity contribution in [1.82, 2.24) is 4.98 Å². The van der Waals surface area contributed by atoms with Gasteiger partial charge in [0.2, 0.25) is 12.7 Å². The Hall–Kier alpha value is -3.05. The molecule has 5 rings (SSSR count). The Morgan fingerprint density at radius 2 is 1.86 bits per heavy atom. The van der Waals surface area contributed by atoms with Crippen LogP contribution in [0.2, 0.25) is 5.02 Å². The van der Waals surface area contributed by atoms with Crippen molar-refractivity contribution in [2.75, 3.05) is 12.1 Å². The molecule has 0 unspecified atom stereocenters. The maximum atomic E-state index is 13.1. The first-order chi connectivity index (χ1) is 13.7. The number of nitrogens with one attached hydrogen (secondary N) is 1. The molecule has 2 aliphatic rings. The number of hydrogen-bond acceptors (Lipinski definition) is 4. The van der Waals surface area contributed by atoms with Gasteiger partial charge in [-0.3, -0.25) is 4.79 Å². The normalized spacial score (nSPS) is 15.9. The zero-order valence-corrected chi connectivity index (χ0v) is 15.7. The fraction of sp³-hybridized carbons (Fsp3) is 0.182. The summed E-state index contributed by atoms with van der Waals surface area (Å²) in [5, 5.41) is 3.60. The molecule has 0 radical (unpaired) electrons. The minimum atomic E-state index is -0.539. The molecule has 2 aromatic carbocycles. The van der Waals surface area contributed by atoms with Crippen LogP contribution in [0.3, 0.4) is 0 Å². The summed E-state index contributed by atoms with van der Waals surface area (Å²) in [5.41, 5.74) is 1.95. The van der Waals surface area contributed by atoms with Gasteiger partial charge in [-0.2, -0.15) is 0 Å². The van der Waals surface area contributed by atoms with E-state index in [4.69, 9.17) is 21.1 Å². The van der Waals surface area contributed by atoms with Gasteiger partial charge in [0, 0.05) is 12.0 Å². The highest BCUT2D eigenvalue weighted by molar-refractivity contribution is 6.33. The van der Waals surface area contributed by atoms with Gasteiger partial charge in [0.25, 0.3) is 0 Å². The maximum Gasteiger partial charge on any atom is 0.236 e. The molecule has 0 spiro atoms. The van der Waals surface area contributed by atoms with Gasteiger partial charge < -0.3 is 14.8 Å². The van der Waals surface area contributed by atoms with Crippen molar-refractivity contribution in [2.45, 2.75) is 18.3 Å². The van der Waals surface area contributed by atoms with Crippen molar-refractivity contribution >= 4 is 23.3 Å². The number of aromatic nitrogens is 1. The number of amides is 1. The first kappa shape index (κ1) is 17.1. The third-order valence-corrected chi connectivity index (χ3v) is 5.58. The molecule has 1 aromatic heterocycles. The van der Waals surface area contributed by atoms with Crippen LogP contribution >= 0.6 is 11.6 Å². The van der Waals surface area contributed by atoms with Gasteiger partial charge in [0.15, 0.2) is 11.5 Å². The van der Waals surface area contributed by atoms with Crippen molar-refractivity contribution in [3.05, 3.63) is 71.2 Å². The minimum absolute atomic E-state index is 0.